The van der Waals surface area contributed by atoms with Gasteiger partial charge in [0.2, 0.25) is 0 Å². The lowest BCUT2D eigenvalue weighted by Gasteiger charge is -2.21. The zero-order valence-corrected chi connectivity index (χ0v) is 15.8. The summed E-state index contributed by atoms with van der Waals surface area (Å²) in [5, 5.41) is 0. The third-order valence-corrected chi connectivity index (χ3v) is 4.56. The number of halogens is 5. The maximum absolute atomic E-state index is 6.02. The fourth-order valence-electron chi connectivity index (χ4n) is 2.81. The Morgan fingerprint density at radius 2 is 0.810 bits per heavy atom. The van der Waals surface area contributed by atoms with E-state index in [0.29, 0.717) is 29.4 Å². The molecule has 1 rings (SSSR count). The van der Waals surface area contributed by atoms with Crippen molar-refractivity contribution in [2.45, 2.75) is 32.1 Å². The van der Waals surface area contributed by atoms with Crippen molar-refractivity contribution >= 4 is 58.0 Å². The molecular formula is C16H21Cl5. The molecule has 120 valence electrons. The van der Waals surface area contributed by atoms with Crippen LogP contribution in [0.1, 0.15) is 27.8 Å². The number of benzene rings is 1. The second-order valence-corrected chi connectivity index (χ2v) is 6.72. The normalized spacial score (nSPS) is 11.1. The number of rotatable bonds is 10. The van der Waals surface area contributed by atoms with Gasteiger partial charge in [-0.2, -0.15) is 0 Å². The summed E-state index contributed by atoms with van der Waals surface area (Å²) in [6.45, 7) is 0. The number of hydrogen-bond donors (Lipinski definition) is 0. The van der Waals surface area contributed by atoms with E-state index >= 15 is 0 Å². The van der Waals surface area contributed by atoms with Crippen molar-refractivity contribution < 1.29 is 0 Å². The molecule has 0 N–H and O–H groups in total. The molecule has 0 nitrogen and oxygen atoms in total. The Kier molecular flexibility index (Phi) is 10.6. The molecule has 1 aromatic carbocycles. The van der Waals surface area contributed by atoms with Crippen LogP contribution in [0.2, 0.25) is 0 Å². The first-order chi connectivity index (χ1) is 10.2. The molecule has 0 aromatic heterocycles. The van der Waals surface area contributed by atoms with E-state index < -0.39 is 0 Å². The highest BCUT2D eigenvalue weighted by Gasteiger charge is 2.16. The van der Waals surface area contributed by atoms with Crippen molar-refractivity contribution in [3.8, 4) is 0 Å². The number of alkyl halides is 5. The van der Waals surface area contributed by atoms with Gasteiger partial charge in [0.25, 0.3) is 0 Å². The molecule has 0 radical (unpaired) electrons. The van der Waals surface area contributed by atoms with Gasteiger partial charge in [-0.15, -0.1) is 58.0 Å². The fraction of sp³-hybridized carbons (Fsp3) is 0.625. The molecule has 0 aliphatic rings. The lowest BCUT2D eigenvalue weighted by Crippen LogP contribution is -2.12. The first-order valence-electron chi connectivity index (χ1n) is 7.18. The van der Waals surface area contributed by atoms with E-state index in [1.165, 1.54) is 27.8 Å². The Balaban J connectivity index is 3.44. The van der Waals surface area contributed by atoms with Crippen molar-refractivity contribution in [2.75, 3.05) is 29.4 Å². The van der Waals surface area contributed by atoms with Crippen LogP contribution in [0.5, 0.6) is 0 Å². The number of hydrogen-bond acceptors (Lipinski definition) is 0. The highest BCUT2D eigenvalue weighted by atomic mass is 35.5. The van der Waals surface area contributed by atoms with Crippen LogP contribution < -0.4 is 0 Å². The van der Waals surface area contributed by atoms with Crippen LogP contribution in [0.3, 0.4) is 0 Å². The summed E-state index contributed by atoms with van der Waals surface area (Å²) < 4.78 is 0. The van der Waals surface area contributed by atoms with Crippen LogP contribution in [0.4, 0.5) is 0 Å². The minimum absolute atomic E-state index is 0.592. The first-order valence-corrected chi connectivity index (χ1v) is 9.85. The zero-order valence-electron chi connectivity index (χ0n) is 12.0. The molecule has 0 unspecified atom stereocenters. The van der Waals surface area contributed by atoms with E-state index in [-0.39, 0.29) is 0 Å². The maximum Gasteiger partial charge on any atom is 0.0264 e. The van der Waals surface area contributed by atoms with Gasteiger partial charge in [0.1, 0.15) is 0 Å². The Hall–Kier alpha value is 0.670. The van der Waals surface area contributed by atoms with Crippen LogP contribution >= 0.6 is 58.0 Å². The van der Waals surface area contributed by atoms with Gasteiger partial charge in [0.05, 0.1) is 0 Å². The lowest BCUT2D eigenvalue weighted by atomic mass is 9.86. The zero-order chi connectivity index (χ0) is 15.7. The van der Waals surface area contributed by atoms with Crippen molar-refractivity contribution in [3.63, 3.8) is 0 Å². The van der Waals surface area contributed by atoms with E-state index in [0.717, 1.165) is 32.1 Å². The molecule has 21 heavy (non-hydrogen) atoms. The summed E-state index contributed by atoms with van der Waals surface area (Å²) in [5.74, 6) is 2.99. The molecule has 0 amide bonds. The average Bonchev–Trinajstić information content (AvgIpc) is 2.47. The third-order valence-electron chi connectivity index (χ3n) is 3.61. The van der Waals surface area contributed by atoms with Gasteiger partial charge < -0.3 is 0 Å². The van der Waals surface area contributed by atoms with Crippen molar-refractivity contribution in [1.82, 2.24) is 0 Å². The lowest BCUT2D eigenvalue weighted by molar-refractivity contribution is 0.922. The second kappa shape index (κ2) is 11.2. The van der Waals surface area contributed by atoms with Gasteiger partial charge in [-0.25, -0.2) is 0 Å². The SMILES string of the molecule is ClCCc1cc(CCCl)c(CCCl)c(CCCl)c1CCCl. The monoisotopic (exact) mass is 388 g/mol. The van der Waals surface area contributed by atoms with Crippen LogP contribution in [0.15, 0.2) is 6.07 Å². The average molecular weight is 391 g/mol. The van der Waals surface area contributed by atoms with Gasteiger partial charge in [-0.05, 0) is 59.9 Å². The van der Waals surface area contributed by atoms with E-state index in [9.17, 15) is 0 Å². The summed E-state index contributed by atoms with van der Waals surface area (Å²) in [6, 6.07) is 2.24. The molecule has 0 saturated carbocycles. The van der Waals surface area contributed by atoms with E-state index in [1.807, 2.05) is 0 Å². The molecule has 0 atom stereocenters. The van der Waals surface area contributed by atoms with Crippen LogP contribution in [0.25, 0.3) is 0 Å². The summed E-state index contributed by atoms with van der Waals surface area (Å²) in [7, 11) is 0. The molecular weight excluding hydrogens is 369 g/mol. The van der Waals surface area contributed by atoms with E-state index in [2.05, 4.69) is 6.07 Å². The van der Waals surface area contributed by atoms with Crippen molar-refractivity contribution in [2.24, 2.45) is 0 Å². The minimum atomic E-state index is 0.592. The van der Waals surface area contributed by atoms with Crippen molar-refractivity contribution in [1.29, 1.82) is 0 Å². The largest absolute Gasteiger partial charge is 0.126 e. The highest BCUT2D eigenvalue weighted by Crippen LogP contribution is 2.28. The third kappa shape index (κ3) is 5.66. The van der Waals surface area contributed by atoms with Crippen LogP contribution in [-0.4, -0.2) is 29.4 Å². The summed E-state index contributed by atoms with van der Waals surface area (Å²) in [5.41, 5.74) is 6.50. The summed E-state index contributed by atoms with van der Waals surface area (Å²) in [6.07, 6.45) is 4.22. The van der Waals surface area contributed by atoms with Crippen LogP contribution in [0, 0.1) is 0 Å². The van der Waals surface area contributed by atoms with Gasteiger partial charge in [-0.1, -0.05) is 6.07 Å². The molecule has 0 fully saturated rings. The van der Waals surface area contributed by atoms with Gasteiger partial charge >= 0.3 is 0 Å². The predicted molar refractivity (Wildman–Crippen MR) is 98.6 cm³/mol. The molecule has 0 bridgehead atoms. The Labute approximate surface area is 153 Å². The summed E-state index contributed by atoms with van der Waals surface area (Å²) in [4.78, 5) is 0. The molecule has 5 heteroatoms. The van der Waals surface area contributed by atoms with Gasteiger partial charge in [-0.3, -0.25) is 0 Å². The fourth-order valence-corrected chi connectivity index (χ4v) is 3.79. The predicted octanol–water partition coefficient (Wildman–Crippen LogP) is 5.59. The van der Waals surface area contributed by atoms with E-state index in [4.69, 9.17) is 58.0 Å². The maximum atomic E-state index is 6.02. The Morgan fingerprint density at radius 3 is 1.14 bits per heavy atom. The standard InChI is InChI=1S/C16H21Cl5/c17-6-1-12-11-13(2-7-18)15(4-9-20)16(5-10-21)14(12)3-8-19/h11H,1-10H2. The van der Waals surface area contributed by atoms with Crippen molar-refractivity contribution in [3.05, 3.63) is 33.9 Å². The minimum Gasteiger partial charge on any atom is -0.126 e. The van der Waals surface area contributed by atoms with Crippen LogP contribution in [-0.2, 0) is 32.1 Å². The quantitative estimate of drug-likeness (QED) is 0.457. The van der Waals surface area contributed by atoms with Gasteiger partial charge in [0, 0.05) is 29.4 Å². The molecule has 0 saturated heterocycles. The Bertz CT molecular complexity index is 397. The topological polar surface area (TPSA) is 0 Å². The smallest absolute Gasteiger partial charge is 0.0264 e. The molecule has 0 heterocycles. The highest BCUT2D eigenvalue weighted by molar-refractivity contribution is 6.19. The number of aryl methyl sites for hydroxylation is 2. The second-order valence-electron chi connectivity index (χ2n) is 4.83. The summed E-state index contributed by atoms with van der Waals surface area (Å²) >= 11 is 29.9. The van der Waals surface area contributed by atoms with E-state index in [1.54, 1.807) is 0 Å². The first kappa shape index (κ1) is 19.7. The Morgan fingerprint density at radius 1 is 0.476 bits per heavy atom. The molecule has 0 spiro atoms. The molecule has 0 aliphatic heterocycles. The molecule has 1 aromatic rings. The molecule has 0 aliphatic carbocycles. The van der Waals surface area contributed by atoms with Gasteiger partial charge in [0.15, 0.2) is 0 Å².